The van der Waals surface area contributed by atoms with Gasteiger partial charge in [-0.15, -0.1) is 11.8 Å². The average Bonchev–Trinajstić information content (AvgIpc) is 2.30. The molecule has 1 rings (SSSR count). The van der Waals surface area contributed by atoms with E-state index in [0.29, 0.717) is 4.90 Å². The van der Waals surface area contributed by atoms with Crippen LogP contribution in [0.3, 0.4) is 0 Å². The van der Waals surface area contributed by atoms with E-state index >= 15 is 0 Å². The molecule has 2 N–H and O–H groups in total. The van der Waals surface area contributed by atoms with E-state index in [1.807, 2.05) is 0 Å². The number of rotatable bonds is 5. The smallest absolute Gasteiger partial charge is 0.325 e. The zero-order valence-electron chi connectivity index (χ0n) is 9.44. The van der Waals surface area contributed by atoms with E-state index in [1.54, 1.807) is 0 Å². The molecule has 98 valence electrons. The fourth-order valence-electron chi connectivity index (χ4n) is 1.06. The Morgan fingerprint density at radius 2 is 2.06 bits per heavy atom. The lowest BCUT2D eigenvalue weighted by atomic mass is 10.3. The molecule has 0 fully saturated rings. The number of carbonyl (C=O) groups excluding carboxylic acids is 1. The van der Waals surface area contributed by atoms with Gasteiger partial charge in [0.15, 0.2) is 11.6 Å². The van der Waals surface area contributed by atoms with Crippen LogP contribution in [-0.4, -0.2) is 28.8 Å². The Morgan fingerprint density at radius 1 is 1.39 bits per heavy atom. The van der Waals surface area contributed by atoms with E-state index in [4.69, 9.17) is 5.11 Å². The number of hydrogen-bond acceptors (Lipinski definition) is 3. The third-order valence-electron chi connectivity index (χ3n) is 2.01. The average molecular weight is 275 g/mol. The van der Waals surface area contributed by atoms with Gasteiger partial charge in [0.1, 0.15) is 6.04 Å². The number of nitrogens with one attached hydrogen (secondary N) is 1. The van der Waals surface area contributed by atoms with Crippen molar-refractivity contribution in [2.45, 2.75) is 17.9 Å². The highest BCUT2D eigenvalue weighted by molar-refractivity contribution is 8.00. The van der Waals surface area contributed by atoms with Gasteiger partial charge in [0.05, 0.1) is 5.75 Å². The molecular weight excluding hydrogens is 264 g/mol. The topological polar surface area (TPSA) is 66.4 Å². The Labute approximate surface area is 106 Å². The van der Waals surface area contributed by atoms with Gasteiger partial charge in [-0.25, -0.2) is 8.78 Å². The van der Waals surface area contributed by atoms with Crippen LogP contribution in [0.1, 0.15) is 6.92 Å². The summed E-state index contributed by atoms with van der Waals surface area (Å²) in [6, 6.07) is 2.31. The molecule has 1 aromatic rings. The number of carboxylic acid groups (broad SMARTS) is 1. The van der Waals surface area contributed by atoms with Crippen molar-refractivity contribution in [2.24, 2.45) is 0 Å². The highest BCUT2D eigenvalue weighted by atomic mass is 32.2. The quantitative estimate of drug-likeness (QED) is 0.802. The van der Waals surface area contributed by atoms with Gasteiger partial charge < -0.3 is 10.4 Å². The third kappa shape index (κ3) is 4.33. The Hall–Kier alpha value is -1.63. The maximum absolute atomic E-state index is 12.9. The predicted molar refractivity (Wildman–Crippen MR) is 62.3 cm³/mol. The molecule has 0 unspecified atom stereocenters. The molecule has 0 radical (unpaired) electrons. The number of aliphatic carboxylic acids is 1. The predicted octanol–water partition coefficient (Wildman–Crippen LogP) is 1.65. The zero-order valence-corrected chi connectivity index (χ0v) is 10.3. The number of carbonyl (C=O) groups is 2. The molecular formula is C11H11F2NO3S. The second-order valence-corrected chi connectivity index (χ2v) is 4.54. The monoisotopic (exact) mass is 275 g/mol. The molecule has 4 nitrogen and oxygen atoms in total. The van der Waals surface area contributed by atoms with Crippen LogP contribution in [0.25, 0.3) is 0 Å². The summed E-state index contributed by atoms with van der Waals surface area (Å²) < 4.78 is 25.5. The summed E-state index contributed by atoms with van der Waals surface area (Å²) in [6.45, 7) is 1.34. The van der Waals surface area contributed by atoms with Crippen molar-refractivity contribution < 1.29 is 23.5 Å². The summed E-state index contributed by atoms with van der Waals surface area (Å²) >= 11 is 0.993. The Kier molecular flexibility index (Phi) is 5.08. The molecule has 1 amide bonds. The fourth-order valence-corrected chi connectivity index (χ4v) is 1.79. The molecule has 0 aliphatic carbocycles. The van der Waals surface area contributed by atoms with Gasteiger partial charge in [-0.2, -0.15) is 0 Å². The SMILES string of the molecule is C[C@H](NC(=O)CSc1ccc(F)c(F)c1)C(=O)O. The molecule has 0 aliphatic heterocycles. The maximum atomic E-state index is 12.9. The molecule has 7 heteroatoms. The second-order valence-electron chi connectivity index (χ2n) is 3.49. The summed E-state index contributed by atoms with van der Waals surface area (Å²) in [5, 5.41) is 10.8. The first-order valence-electron chi connectivity index (χ1n) is 5.00. The van der Waals surface area contributed by atoms with Crippen molar-refractivity contribution in [1.29, 1.82) is 0 Å². The van der Waals surface area contributed by atoms with Crippen LogP contribution in [0.5, 0.6) is 0 Å². The summed E-state index contributed by atoms with van der Waals surface area (Å²) in [5.74, 6) is -3.63. The number of hydrogen-bond donors (Lipinski definition) is 2. The molecule has 0 heterocycles. The van der Waals surface area contributed by atoms with Gasteiger partial charge in [-0.3, -0.25) is 9.59 Å². The Morgan fingerprint density at radius 3 is 2.61 bits per heavy atom. The van der Waals surface area contributed by atoms with Crippen molar-refractivity contribution >= 4 is 23.6 Å². The van der Waals surface area contributed by atoms with Crippen LogP contribution in [0.15, 0.2) is 23.1 Å². The molecule has 0 saturated heterocycles. The summed E-state index contributed by atoms with van der Waals surface area (Å²) in [7, 11) is 0. The standard InChI is InChI=1S/C11H11F2NO3S/c1-6(11(16)17)14-10(15)5-18-7-2-3-8(12)9(13)4-7/h2-4,6H,5H2,1H3,(H,14,15)(H,16,17)/t6-/m0/s1. The molecule has 0 aromatic heterocycles. The lowest BCUT2D eigenvalue weighted by molar-refractivity contribution is -0.140. The van der Waals surface area contributed by atoms with Crippen molar-refractivity contribution in [2.75, 3.05) is 5.75 Å². The van der Waals surface area contributed by atoms with Crippen LogP contribution < -0.4 is 5.32 Å². The van der Waals surface area contributed by atoms with Gasteiger partial charge in [0.2, 0.25) is 5.91 Å². The van der Waals surface area contributed by atoms with Crippen molar-refractivity contribution in [3.8, 4) is 0 Å². The number of halogens is 2. The van der Waals surface area contributed by atoms with E-state index in [2.05, 4.69) is 5.32 Å². The van der Waals surface area contributed by atoms with E-state index < -0.39 is 29.6 Å². The highest BCUT2D eigenvalue weighted by Crippen LogP contribution is 2.19. The minimum Gasteiger partial charge on any atom is -0.480 e. The van der Waals surface area contributed by atoms with Gasteiger partial charge in [0.25, 0.3) is 0 Å². The normalized spacial score (nSPS) is 11.9. The fraction of sp³-hybridized carbons (Fsp3) is 0.273. The molecule has 0 spiro atoms. The maximum Gasteiger partial charge on any atom is 0.325 e. The van der Waals surface area contributed by atoms with Gasteiger partial charge in [0, 0.05) is 4.90 Å². The second kappa shape index (κ2) is 6.34. The van der Waals surface area contributed by atoms with Gasteiger partial charge in [-0.05, 0) is 25.1 Å². The van der Waals surface area contributed by atoms with Crippen molar-refractivity contribution in [1.82, 2.24) is 5.32 Å². The van der Waals surface area contributed by atoms with Crippen LogP contribution in [-0.2, 0) is 9.59 Å². The molecule has 18 heavy (non-hydrogen) atoms. The molecule has 1 atom stereocenters. The highest BCUT2D eigenvalue weighted by Gasteiger charge is 2.14. The van der Waals surface area contributed by atoms with Crippen molar-refractivity contribution in [3.05, 3.63) is 29.8 Å². The minimum atomic E-state index is -1.14. The lowest BCUT2D eigenvalue weighted by Crippen LogP contribution is -2.39. The Balaban J connectivity index is 2.47. The number of benzene rings is 1. The largest absolute Gasteiger partial charge is 0.480 e. The van der Waals surface area contributed by atoms with E-state index in [-0.39, 0.29) is 5.75 Å². The summed E-state index contributed by atoms with van der Waals surface area (Å²) in [4.78, 5) is 22.2. The summed E-state index contributed by atoms with van der Waals surface area (Å²) in [5.41, 5.74) is 0. The first-order chi connectivity index (χ1) is 8.40. The Bertz CT molecular complexity index is 468. The van der Waals surface area contributed by atoms with Gasteiger partial charge in [-0.1, -0.05) is 0 Å². The van der Waals surface area contributed by atoms with E-state index in [0.717, 1.165) is 23.9 Å². The van der Waals surface area contributed by atoms with E-state index in [1.165, 1.54) is 13.0 Å². The first-order valence-corrected chi connectivity index (χ1v) is 5.98. The van der Waals surface area contributed by atoms with Crippen LogP contribution >= 0.6 is 11.8 Å². The van der Waals surface area contributed by atoms with E-state index in [9.17, 15) is 18.4 Å². The zero-order chi connectivity index (χ0) is 13.7. The third-order valence-corrected chi connectivity index (χ3v) is 3.00. The number of carboxylic acids is 1. The molecule has 0 saturated carbocycles. The molecule has 1 aromatic carbocycles. The van der Waals surface area contributed by atoms with Crippen molar-refractivity contribution in [3.63, 3.8) is 0 Å². The van der Waals surface area contributed by atoms with Gasteiger partial charge >= 0.3 is 5.97 Å². The number of thioether (sulfide) groups is 1. The van der Waals surface area contributed by atoms with Crippen LogP contribution in [0.2, 0.25) is 0 Å². The first kappa shape index (κ1) is 14.4. The summed E-state index contributed by atoms with van der Waals surface area (Å²) in [6.07, 6.45) is 0. The minimum absolute atomic E-state index is 0.0668. The number of amides is 1. The lowest BCUT2D eigenvalue weighted by Gasteiger charge is -2.08. The molecule has 0 aliphatic rings. The van der Waals surface area contributed by atoms with Crippen LogP contribution in [0.4, 0.5) is 8.78 Å². The van der Waals surface area contributed by atoms with Crippen LogP contribution in [0, 0.1) is 11.6 Å². The molecule has 0 bridgehead atoms.